The molecule has 1 aromatic heterocycles. The van der Waals surface area contributed by atoms with Crippen LogP contribution in [0.3, 0.4) is 0 Å². The minimum absolute atomic E-state index is 0.799. The van der Waals surface area contributed by atoms with E-state index < -0.39 is 0 Å². The van der Waals surface area contributed by atoms with Crippen LogP contribution in [0.15, 0.2) is 41.1 Å². The van der Waals surface area contributed by atoms with Crippen LogP contribution < -0.4 is 0 Å². The number of aryl methyl sites for hydroxylation is 1. The molecule has 2 aromatic rings. The van der Waals surface area contributed by atoms with Crippen molar-refractivity contribution >= 4 is 15.9 Å². The van der Waals surface area contributed by atoms with Crippen molar-refractivity contribution in [3.63, 3.8) is 0 Å². The summed E-state index contributed by atoms with van der Waals surface area (Å²) in [7, 11) is 0. The summed E-state index contributed by atoms with van der Waals surface area (Å²) < 4.78 is 1.06. The van der Waals surface area contributed by atoms with E-state index in [1.165, 1.54) is 69.8 Å². The molecule has 0 radical (unpaired) electrons. The molecule has 1 heterocycles. The highest BCUT2D eigenvalue weighted by molar-refractivity contribution is 9.10. The fourth-order valence-electron chi connectivity index (χ4n) is 3.08. The van der Waals surface area contributed by atoms with Crippen molar-refractivity contribution in [2.75, 3.05) is 0 Å². The molecule has 0 atom stereocenters. The maximum absolute atomic E-state index is 4.52. The molecule has 0 bridgehead atoms. The number of rotatable bonds is 12. The molecular formula is C22H31BrN2. The first-order valence-electron chi connectivity index (χ1n) is 9.86. The van der Waals surface area contributed by atoms with Gasteiger partial charge in [0, 0.05) is 22.4 Å². The van der Waals surface area contributed by atoms with Gasteiger partial charge in [-0.2, -0.15) is 0 Å². The quantitative estimate of drug-likeness (QED) is 0.346. The topological polar surface area (TPSA) is 25.8 Å². The fourth-order valence-corrected chi connectivity index (χ4v) is 3.48. The van der Waals surface area contributed by atoms with Gasteiger partial charge < -0.3 is 0 Å². The second kappa shape index (κ2) is 12.2. The zero-order valence-electron chi connectivity index (χ0n) is 15.5. The first-order valence-corrected chi connectivity index (χ1v) is 10.7. The van der Waals surface area contributed by atoms with Crippen LogP contribution in [0, 0.1) is 0 Å². The highest BCUT2D eigenvalue weighted by Crippen LogP contribution is 2.20. The molecule has 0 spiro atoms. The summed E-state index contributed by atoms with van der Waals surface area (Å²) in [6, 6.07) is 8.13. The van der Waals surface area contributed by atoms with E-state index in [0.717, 1.165) is 22.3 Å². The summed E-state index contributed by atoms with van der Waals surface area (Å²) >= 11 is 3.49. The van der Waals surface area contributed by atoms with Gasteiger partial charge in [0.1, 0.15) is 0 Å². The van der Waals surface area contributed by atoms with Crippen LogP contribution in [-0.2, 0) is 6.42 Å². The van der Waals surface area contributed by atoms with E-state index >= 15 is 0 Å². The Morgan fingerprint density at radius 1 is 0.800 bits per heavy atom. The van der Waals surface area contributed by atoms with E-state index in [9.17, 15) is 0 Å². The zero-order valence-corrected chi connectivity index (χ0v) is 17.1. The summed E-state index contributed by atoms with van der Waals surface area (Å²) in [5.74, 6) is 0.799. The first-order chi connectivity index (χ1) is 12.3. The Labute approximate surface area is 161 Å². The van der Waals surface area contributed by atoms with Gasteiger partial charge in [-0.15, -0.1) is 0 Å². The lowest BCUT2D eigenvalue weighted by molar-refractivity contribution is 0.556. The molecule has 0 saturated carbocycles. The van der Waals surface area contributed by atoms with E-state index in [0.29, 0.717) is 0 Å². The number of nitrogens with zero attached hydrogens (tertiary/aromatic N) is 2. The Morgan fingerprint density at radius 2 is 1.40 bits per heavy atom. The van der Waals surface area contributed by atoms with Crippen LogP contribution in [-0.4, -0.2) is 9.97 Å². The minimum atomic E-state index is 0.799. The summed E-state index contributed by atoms with van der Waals surface area (Å²) in [5.41, 5.74) is 2.30. The molecule has 2 nitrogen and oxygen atoms in total. The number of benzene rings is 1. The molecule has 0 unspecified atom stereocenters. The van der Waals surface area contributed by atoms with Gasteiger partial charge in [0.2, 0.25) is 0 Å². The number of aromatic nitrogens is 2. The second-order valence-electron chi connectivity index (χ2n) is 6.86. The molecule has 0 aliphatic rings. The van der Waals surface area contributed by atoms with E-state index in [1.807, 2.05) is 30.6 Å². The van der Waals surface area contributed by atoms with Crippen LogP contribution in [0.5, 0.6) is 0 Å². The average Bonchev–Trinajstić information content (AvgIpc) is 2.64. The molecule has 0 aliphatic carbocycles. The van der Waals surface area contributed by atoms with Gasteiger partial charge in [-0.25, -0.2) is 9.97 Å². The van der Waals surface area contributed by atoms with Crippen LogP contribution in [0.1, 0.15) is 76.7 Å². The van der Waals surface area contributed by atoms with Gasteiger partial charge in [-0.05, 0) is 30.5 Å². The Morgan fingerprint density at radius 3 is 2.00 bits per heavy atom. The first kappa shape index (κ1) is 20.1. The van der Waals surface area contributed by atoms with Crippen molar-refractivity contribution in [2.45, 2.75) is 77.6 Å². The number of unbranched alkanes of at least 4 members (excludes halogenated alkanes) is 9. The lowest BCUT2D eigenvalue weighted by Gasteiger charge is -2.04. The lowest BCUT2D eigenvalue weighted by atomic mass is 10.0. The van der Waals surface area contributed by atoms with Crippen LogP contribution in [0.4, 0.5) is 0 Å². The average molecular weight is 403 g/mol. The predicted octanol–water partition coefficient (Wildman–Crippen LogP) is 7.37. The molecule has 0 aliphatic heterocycles. The van der Waals surface area contributed by atoms with E-state index in [2.05, 4.69) is 38.9 Å². The van der Waals surface area contributed by atoms with Crippen molar-refractivity contribution < 1.29 is 0 Å². The molecular weight excluding hydrogens is 372 g/mol. The normalized spacial score (nSPS) is 11.0. The summed E-state index contributed by atoms with van der Waals surface area (Å²) in [5, 5.41) is 0. The molecule has 136 valence electrons. The highest BCUT2D eigenvalue weighted by Gasteiger charge is 2.02. The van der Waals surface area contributed by atoms with Crippen LogP contribution in [0.2, 0.25) is 0 Å². The van der Waals surface area contributed by atoms with Crippen molar-refractivity contribution in [2.24, 2.45) is 0 Å². The number of hydrogen-bond donors (Lipinski definition) is 0. The largest absolute Gasteiger partial charge is 0.236 e. The molecule has 3 heteroatoms. The van der Waals surface area contributed by atoms with Crippen LogP contribution in [0.25, 0.3) is 11.4 Å². The van der Waals surface area contributed by atoms with Gasteiger partial charge in [0.15, 0.2) is 5.82 Å². The molecule has 25 heavy (non-hydrogen) atoms. The molecule has 0 saturated heterocycles. The van der Waals surface area contributed by atoms with Crippen molar-refractivity contribution in [1.82, 2.24) is 9.97 Å². The molecule has 1 aromatic carbocycles. The van der Waals surface area contributed by atoms with Crippen LogP contribution >= 0.6 is 15.9 Å². The molecule has 0 fully saturated rings. The molecule has 2 rings (SSSR count). The Balaban J connectivity index is 1.59. The van der Waals surface area contributed by atoms with E-state index in [1.54, 1.807) is 0 Å². The fraction of sp³-hybridized carbons (Fsp3) is 0.545. The Hall–Kier alpha value is -1.22. The smallest absolute Gasteiger partial charge is 0.159 e. The standard InChI is InChI=1S/C22H31BrN2/c1-2-3-4-5-6-7-8-9-10-11-13-19-17-24-22(25-18-19)20-14-12-15-21(23)16-20/h12,14-18H,2-11,13H2,1H3. The molecule has 0 N–H and O–H groups in total. The summed E-state index contributed by atoms with van der Waals surface area (Å²) in [4.78, 5) is 9.04. The van der Waals surface area contributed by atoms with E-state index in [4.69, 9.17) is 0 Å². The second-order valence-corrected chi connectivity index (χ2v) is 7.77. The van der Waals surface area contributed by atoms with Gasteiger partial charge >= 0.3 is 0 Å². The third kappa shape index (κ3) is 8.13. The Kier molecular flexibility index (Phi) is 9.79. The number of hydrogen-bond acceptors (Lipinski definition) is 2. The summed E-state index contributed by atoms with van der Waals surface area (Å²) in [6.07, 6.45) is 18.8. The van der Waals surface area contributed by atoms with Gasteiger partial charge in [-0.1, -0.05) is 92.8 Å². The number of halogens is 1. The summed E-state index contributed by atoms with van der Waals surface area (Å²) in [6.45, 7) is 2.28. The predicted molar refractivity (Wildman–Crippen MR) is 111 cm³/mol. The SMILES string of the molecule is CCCCCCCCCCCCc1cnc(-c2cccc(Br)c2)nc1. The minimum Gasteiger partial charge on any atom is -0.236 e. The van der Waals surface area contributed by atoms with Crippen molar-refractivity contribution in [3.05, 3.63) is 46.7 Å². The zero-order chi connectivity index (χ0) is 17.7. The molecule has 0 amide bonds. The van der Waals surface area contributed by atoms with Gasteiger partial charge in [0.25, 0.3) is 0 Å². The highest BCUT2D eigenvalue weighted by atomic mass is 79.9. The van der Waals surface area contributed by atoms with Crippen molar-refractivity contribution in [1.29, 1.82) is 0 Å². The van der Waals surface area contributed by atoms with Gasteiger partial charge in [0.05, 0.1) is 0 Å². The van der Waals surface area contributed by atoms with E-state index in [-0.39, 0.29) is 0 Å². The lowest BCUT2D eigenvalue weighted by Crippen LogP contribution is -1.93. The third-order valence-corrected chi connectivity index (χ3v) is 5.10. The third-order valence-electron chi connectivity index (χ3n) is 4.61. The van der Waals surface area contributed by atoms with Gasteiger partial charge in [-0.3, -0.25) is 0 Å². The Bertz CT molecular complexity index is 595. The monoisotopic (exact) mass is 402 g/mol. The maximum atomic E-state index is 4.52. The maximum Gasteiger partial charge on any atom is 0.159 e. The van der Waals surface area contributed by atoms with Crippen molar-refractivity contribution in [3.8, 4) is 11.4 Å².